The number of anilines is 1. The van der Waals surface area contributed by atoms with Crippen molar-refractivity contribution in [3.63, 3.8) is 0 Å². The number of rotatable bonds is 8. The van der Waals surface area contributed by atoms with Gasteiger partial charge in [-0.2, -0.15) is 5.10 Å². The van der Waals surface area contributed by atoms with Crippen molar-refractivity contribution >= 4 is 22.6 Å². The number of para-hydroxylation sites is 1. The van der Waals surface area contributed by atoms with Gasteiger partial charge in [-0.25, -0.2) is 9.97 Å². The largest absolute Gasteiger partial charge is 0.373 e. The quantitative estimate of drug-likeness (QED) is 0.385. The van der Waals surface area contributed by atoms with Gasteiger partial charge in [0.15, 0.2) is 0 Å². The van der Waals surface area contributed by atoms with E-state index < -0.39 is 0 Å². The molecule has 170 valence electrons. The summed E-state index contributed by atoms with van der Waals surface area (Å²) in [4.78, 5) is 26.0. The molecule has 8 heteroatoms. The predicted molar refractivity (Wildman–Crippen MR) is 128 cm³/mol. The fraction of sp³-hybridized carbons (Fsp3) is 0.360. The number of nitrogens with zero attached hydrogens (tertiary/aromatic N) is 4. The van der Waals surface area contributed by atoms with Crippen LogP contribution in [-0.2, 0) is 17.8 Å². The fourth-order valence-corrected chi connectivity index (χ4v) is 4.28. The van der Waals surface area contributed by atoms with Crippen LogP contribution in [-0.4, -0.2) is 37.7 Å². The molecular formula is C25H29N7O. The van der Waals surface area contributed by atoms with Crippen LogP contribution in [0.3, 0.4) is 0 Å². The van der Waals surface area contributed by atoms with Gasteiger partial charge in [0.2, 0.25) is 5.91 Å². The number of aromatic amines is 1. The number of hydrogen-bond donors (Lipinski definition) is 3. The van der Waals surface area contributed by atoms with E-state index in [1.165, 1.54) is 0 Å². The van der Waals surface area contributed by atoms with Crippen LogP contribution in [0, 0.1) is 13.8 Å². The van der Waals surface area contributed by atoms with Gasteiger partial charge >= 0.3 is 0 Å². The molecule has 0 radical (unpaired) electrons. The summed E-state index contributed by atoms with van der Waals surface area (Å²) in [5, 5.41) is 12.0. The first-order valence-electron chi connectivity index (χ1n) is 11.4. The Morgan fingerprint density at radius 2 is 2.03 bits per heavy atom. The van der Waals surface area contributed by atoms with E-state index >= 15 is 0 Å². The molecule has 1 saturated carbocycles. The topological polar surface area (TPSA) is 101 Å². The second kappa shape index (κ2) is 8.69. The summed E-state index contributed by atoms with van der Waals surface area (Å²) in [7, 11) is 1.86. The highest BCUT2D eigenvalue weighted by atomic mass is 16.2. The van der Waals surface area contributed by atoms with Crippen molar-refractivity contribution in [1.82, 2.24) is 30.0 Å². The highest BCUT2D eigenvalue weighted by molar-refractivity contribution is 5.83. The summed E-state index contributed by atoms with van der Waals surface area (Å²) in [6.07, 6.45) is 4.87. The number of aromatic nitrogens is 5. The first kappa shape index (κ1) is 21.2. The van der Waals surface area contributed by atoms with E-state index in [4.69, 9.17) is 4.98 Å². The number of aryl methyl sites for hydroxylation is 2. The maximum atomic E-state index is 13.1. The number of carbonyl (C=O) groups is 1. The van der Waals surface area contributed by atoms with Crippen LogP contribution in [0.25, 0.3) is 10.9 Å². The lowest BCUT2D eigenvalue weighted by Gasteiger charge is -2.20. The monoisotopic (exact) mass is 443 g/mol. The SMILES string of the molecule is CNc1cc(C(Cc2c[nH]c3ccccc23)NC(=O)Cn2nc(C)cc2C)nc(C2CC2)n1. The Morgan fingerprint density at radius 1 is 1.21 bits per heavy atom. The van der Waals surface area contributed by atoms with Crippen LogP contribution < -0.4 is 10.6 Å². The van der Waals surface area contributed by atoms with Gasteiger partial charge in [-0.1, -0.05) is 18.2 Å². The van der Waals surface area contributed by atoms with Gasteiger partial charge in [0.1, 0.15) is 18.2 Å². The average Bonchev–Trinajstić information content (AvgIpc) is 3.52. The molecular weight excluding hydrogens is 414 g/mol. The number of nitrogens with one attached hydrogen (secondary N) is 3. The molecule has 3 heterocycles. The van der Waals surface area contributed by atoms with Gasteiger partial charge in [-0.3, -0.25) is 9.48 Å². The van der Waals surface area contributed by atoms with E-state index in [-0.39, 0.29) is 18.5 Å². The lowest BCUT2D eigenvalue weighted by molar-refractivity contribution is -0.122. The summed E-state index contributed by atoms with van der Waals surface area (Å²) in [6.45, 7) is 4.06. The lowest BCUT2D eigenvalue weighted by Crippen LogP contribution is -2.34. The van der Waals surface area contributed by atoms with Crippen molar-refractivity contribution in [2.24, 2.45) is 0 Å². The second-order valence-electron chi connectivity index (χ2n) is 8.83. The normalized spacial score (nSPS) is 14.4. The van der Waals surface area contributed by atoms with E-state index in [0.29, 0.717) is 12.3 Å². The van der Waals surface area contributed by atoms with Gasteiger partial charge in [0, 0.05) is 48.2 Å². The molecule has 4 aromatic rings. The minimum Gasteiger partial charge on any atom is -0.373 e. The molecule has 1 aromatic carbocycles. The third-order valence-corrected chi connectivity index (χ3v) is 6.15. The maximum absolute atomic E-state index is 13.1. The molecule has 0 spiro atoms. The first-order valence-corrected chi connectivity index (χ1v) is 11.4. The Bertz CT molecular complexity index is 1300. The van der Waals surface area contributed by atoms with Gasteiger partial charge in [0.25, 0.3) is 0 Å². The first-order chi connectivity index (χ1) is 16.0. The Hall–Kier alpha value is -3.68. The lowest BCUT2D eigenvalue weighted by atomic mass is 10.0. The van der Waals surface area contributed by atoms with Crippen molar-refractivity contribution in [1.29, 1.82) is 0 Å². The molecule has 1 aliphatic rings. The molecule has 5 rings (SSSR count). The molecule has 0 bridgehead atoms. The zero-order valence-corrected chi connectivity index (χ0v) is 19.2. The highest BCUT2D eigenvalue weighted by Crippen LogP contribution is 2.39. The third kappa shape index (κ3) is 4.60. The van der Waals surface area contributed by atoms with Crippen molar-refractivity contribution in [2.75, 3.05) is 12.4 Å². The van der Waals surface area contributed by atoms with E-state index in [1.807, 2.05) is 51.4 Å². The molecule has 1 unspecified atom stereocenters. The second-order valence-corrected chi connectivity index (χ2v) is 8.83. The number of amides is 1. The minimum absolute atomic E-state index is 0.0939. The van der Waals surface area contributed by atoms with Crippen molar-refractivity contribution < 1.29 is 4.79 Å². The Morgan fingerprint density at radius 3 is 2.76 bits per heavy atom. The number of carbonyl (C=O) groups excluding carboxylic acids is 1. The van der Waals surface area contributed by atoms with Gasteiger partial charge < -0.3 is 15.6 Å². The molecule has 1 aliphatic carbocycles. The van der Waals surface area contributed by atoms with Crippen LogP contribution in [0.2, 0.25) is 0 Å². The third-order valence-electron chi connectivity index (χ3n) is 6.15. The van der Waals surface area contributed by atoms with Crippen LogP contribution >= 0.6 is 0 Å². The van der Waals surface area contributed by atoms with Gasteiger partial charge in [-0.15, -0.1) is 0 Å². The molecule has 0 saturated heterocycles. The summed E-state index contributed by atoms with van der Waals surface area (Å²) < 4.78 is 1.74. The molecule has 8 nitrogen and oxygen atoms in total. The van der Waals surface area contributed by atoms with Gasteiger partial charge in [-0.05, 0) is 44.4 Å². The molecule has 1 amide bonds. The van der Waals surface area contributed by atoms with Crippen LogP contribution in [0.5, 0.6) is 0 Å². The zero-order valence-electron chi connectivity index (χ0n) is 19.2. The Kier molecular flexibility index (Phi) is 5.58. The smallest absolute Gasteiger partial charge is 0.242 e. The summed E-state index contributed by atoms with van der Waals surface area (Å²) >= 11 is 0. The fourth-order valence-electron chi connectivity index (χ4n) is 4.28. The van der Waals surface area contributed by atoms with Crippen LogP contribution in [0.15, 0.2) is 42.6 Å². The van der Waals surface area contributed by atoms with E-state index in [0.717, 1.165) is 58.0 Å². The maximum Gasteiger partial charge on any atom is 0.242 e. The van der Waals surface area contributed by atoms with Crippen LogP contribution in [0.1, 0.15) is 53.3 Å². The van der Waals surface area contributed by atoms with Gasteiger partial charge in [0.05, 0.1) is 17.4 Å². The van der Waals surface area contributed by atoms with Crippen molar-refractivity contribution in [2.45, 2.75) is 51.6 Å². The van der Waals surface area contributed by atoms with Crippen molar-refractivity contribution in [3.8, 4) is 0 Å². The molecule has 3 N–H and O–H groups in total. The average molecular weight is 444 g/mol. The van der Waals surface area contributed by atoms with E-state index in [9.17, 15) is 4.79 Å². The Labute approximate surface area is 192 Å². The minimum atomic E-state index is -0.290. The number of benzene rings is 1. The Balaban J connectivity index is 1.47. The van der Waals surface area contributed by atoms with Crippen molar-refractivity contribution in [3.05, 3.63) is 71.1 Å². The summed E-state index contributed by atoms with van der Waals surface area (Å²) in [5.74, 6) is 1.95. The zero-order chi connectivity index (χ0) is 22.9. The molecule has 3 aromatic heterocycles. The molecule has 33 heavy (non-hydrogen) atoms. The summed E-state index contributed by atoms with van der Waals surface area (Å²) in [6, 6.07) is 11.8. The predicted octanol–water partition coefficient (Wildman–Crippen LogP) is 3.79. The number of fused-ring (bicyclic) bond motifs is 1. The number of H-pyrrole nitrogens is 1. The number of hydrogen-bond acceptors (Lipinski definition) is 5. The van der Waals surface area contributed by atoms with E-state index in [1.54, 1.807) is 4.68 Å². The van der Waals surface area contributed by atoms with E-state index in [2.05, 4.69) is 37.8 Å². The van der Waals surface area contributed by atoms with Crippen LogP contribution in [0.4, 0.5) is 5.82 Å². The standard InChI is InChI=1S/C25H29N7O/c1-15-10-16(2)32(31-15)14-24(33)28-21(11-18-13-27-20-7-5-4-6-19(18)20)22-12-23(26-3)30-25(29-22)17-8-9-17/h4-7,10,12-13,17,21,27H,8-9,11,14H2,1-3H3,(H,28,33)(H,26,29,30). The molecule has 1 atom stereocenters. The summed E-state index contributed by atoms with van der Waals surface area (Å²) in [5.41, 5.74) is 4.91. The molecule has 1 fully saturated rings. The highest BCUT2D eigenvalue weighted by Gasteiger charge is 2.29. The molecule has 0 aliphatic heterocycles.